The van der Waals surface area contributed by atoms with Crippen LogP contribution >= 0.6 is 11.6 Å². The van der Waals surface area contributed by atoms with E-state index in [-0.39, 0.29) is 0 Å². The van der Waals surface area contributed by atoms with Gasteiger partial charge in [0.15, 0.2) is 0 Å². The van der Waals surface area contributed by atoms with E-state index in [1.54, 1.807) is 0 Å². The number of halogens is 1. The van der Waals surface area contributed by atoms with Crippen molar-refractivity contribution in [3.63, 3.8) is 0 Å². The van der Waals surface area contributed by atoms with Crippen LogP contribution in [0.25, 0.3) is 0 Å². The molecular formula is C16H26ClN3. The summed E-state index contributed by atoms with van der Waals surface area (Å²) in [5, 5.41) is 4.12. The van der Waals surface area contributed by atoms with Crippen LogP contribution in [-0.2, 0) is 0 Å². The molecule has 1 aromatic rings. The second-order valence-electron chi connectivity index (χ2n) is 6.42. The highest BCUT2D eigenvalue weighted by atomic mass is 35.5. The lowest BCUT2D eigenvalue weighted by molar-refractivity contribution is 0.306. The molecule has 0 bridgehead atoms. The van der Waals surface area contributed by atoms with Crippen LogP contribution in [0.15, 0.2) is 0 Å². The minimum atomic E-state index is 0.292. The van der Waals surface area contributed by atoms with Gasteiger partial charge in [0, 0.05) is 18.0 Å². The van der Waals surface area contributed by atoms with Crippen LogP contribution in [0.3, 0.4) is 0 Å². The lowest BCUT2D eigenvalue weighted by Crippen LogP contribution is -2.26. The quantitative estimate of drug-likeness (QED) is 0.782. The monoisotopic (exact) mass is 295 g/mol. The number of nitrogens with one attached hydrogen (secondary N) is 1. The largest absolute Gasteiger partial charge is 0.369 e. The molecule has 0 spiro atoms. The average Bonchev–Trinajstić information content (AvgIpc) is 2.89. The molecule has 1 aliphatic carbocycles. The van der Waals surface area contributed by atoms with Gasteiger partial charge in [-0.05, 0) is 31.6 Å². The summed E-state index contributed by atoms with van der Waals surface area (Å²) in [6.07, 6.45) is 6.60. The molecule has 0 amide bonds. The fraction of sp³-hybridized carbons (Fsp3) is 0.750. The van der Waals surface area contributed by atoms with Crippen molar-refractivity contribution in [2.24, 2.45) is 5.41 Å². The molecule has 0 unspecified atom stereocenters. The molecule has 0 saturated heterocycles. The van der Waals surface area contributed by atoms with Crippen molar-refractivity contribution < 1.29 is 0 Å². The Morgan fingerprint density at radius 3 is 2.45 bits per heavy atom. The van der Waals surface area contributed by atoms with E-state index in [1.807, 2.05) is 6.92 Å². The molecule has 1 saturated carbocycles. The Morgan fingerprint density at radius 2 is 1.90 bits per heavy atom. The van der Waals surface area contributed by atoms with Crippen molar-refractivity contribution in [1.82, 2.24) is 9.97 Å². The van der Waals surface area contributed by atoms with E-state index in [4.69, 9.17) is 11.6 Å². The topological polar surface area (TPSA) is 37.8 Å². The first-order valence-electron chi connectivity index (χ1n) is 7.75. The summed E-state index contributed by atoms with van der Waals surface area (Å²) in [5.74, 6) is 2.02. The Bertz CT molecular complexity index is 465. The summed E-state index contributed by atoms with van der Waals surface area (Å²) < 4.78 is 0. The summed E-state index contributed by atoms with van der Waals surface area (Å²) in [4.78, 5) is 9.02. The molecule has 3 nitrogen and oxygen atoms in total. The highest BCUT2D eigenvalue weighted by Gasteiger charge is 2.32. The zero-order chi connectivity index (χ0) is 14.8. The van der Waals surface area contributed by atoms with Gasteiger partial charge in [-0.25, -0.2) is 9.97 Å². The molecule has 1 aromatic heterocycles. The maximum Gasteiger partial charge on any atom is 0.137 e. The molecule has 2 rings (SSSR count). The summed E-state index contributed by atoms with van der Waals surface area (Å²) in [5.41, 5.74) is 1.40. The fourth-order valence-electron chi connectivity index (χ4n) is 2.99. The number of aromatic nitrogens is 2. The molecule has 0 aliphatic heterocycles. The third-order valence-corrected chi connectivity index (χ3v) is 5.03. The Hall–Kier alpha value is -0.830. The number of nitrogens with zero attached hydrogens (tertiary/aromatic N) is 2. The van der Waals surface area contributed by atoms with Gasteiger partial charge >= 0.3 is 0 Å². The molecule has 1 N–H and O–H groups in total. The summed E-state index contributed by atoms with van der Waals surface area (Å²) in [6.45, 7) is 9.47. The van der Waals surface area contributed by atoms with Crippen LogP contribution in [0, 0.1) is 12.3 Å². The highest BCUT2D eigenvalue weighted by Crippen LogP contribution is 2.41. The molecule has 112 valence electrons. The van der Waals surface area contributed by atoms with Gasteiger partial charge in [0.25, 0.3) is 0 Å². The van der Waals surface area contributed by atoms with E-state index < -0.39 is 0 Å². The lowest BCUT2D eigenvalue weighted by Gasteiger charge is -2.28. The van der Waals surface area contributed by atoms with E-state index in [0.29, 0.717) is 16.5 Å². The fourth-order valence-corrected chi connectivity index (χ4v) is 3.16. The third kappa shape index (κ3) is 3.25. The molecular weight excluding hydrogens is 270 g/mol. The van der Waals surface area contributed by atoms with Crippen LogP contribution in [-0.4, -0.2) is 16.5 Å². The van der Waals surface area contributed by atoms with Crippen molar-refractivity contribution >= 4 is 17.4 Å². The Balaban J connectivity index is 2.16. The van der Waals surface area contributed by atoms with E-state index in [2.05, 4.69) is 36.1 Å². The van der Waals surface area contributed by atoms with Crippen molar-refractivity contribution in [2.75, 3.05) is 11.9 Å². The Labute approximate surface area is 127 Å². The molecule has 4 heteroatoms. The van der Waals surface area contributed by atoms with Crippen LogP contribution in [0.4, 0.5) is 5.82 Å². The molecule has 1 heterocycles. The standard InChI is InChI=1S/C16H26ClN3/c1-5-16(8-6-7-9-16)10-18-15-12(4)13(17)19-14(20-15)11(2)3/h11H,5-10H2,1-4H3,(H,18,19,20). The maximum atomic E-state index is 6.24. The predicted molar refractivity (Wildman–Crippen MR) is 85.5 cm³/mol. The molecule has 0 aromatic carbocycles. The van der Waals surface area contributed by atoms with Gasteiger partial charge in [0.05, 0.1) is 0 Å². The minimum Gasteiger partial charge on any atom is -0.369 e. The number of hydrogen-bond acceptors (Lipinski definition) is 3. The lowest BCUT2D eigenvalue weighted by atomic mass is 9.83. The van der Waals surface area contributed by atoms with Crippen LogP contribution < -0.4 is 5.32 Å². The molecule has 1 fully saturated rings. The predicted octanol–water partition coefficient (Wildman–Crippen LogP) is 4.94. The average molecular weight is 296 g/mol. The second kappa shape index (κ2) is 6.30. The van der Waals surface area contributed by atoms with Gasteiger partial charge in [-0.2, -0.15) is 0 Å². The van der Waals surface area contributed by atoms with E-state index in [0.717, 1.165) is 23.8 Å². The third-order valence-electron chi connectivity index (χ3n) is 4.67. The Kier molecular flexibility index (Phi) is 4.90. The van der Waals surface area contributed by atoms with Crippen LogP contribution in [0.1, 0.15) is 70.2 Å². The van der Waals surface area contributed by atoms with Gasteiger partial charge in [0.1, 0.15) is 16.8 Å². The van der Waals surface area contributed by atoms with Crippen molar-refractivity contribution in [3.05, 3.63) is 16.5 Å². The maximum absolute atomic E-state index is 6.24. The molecule has 0 radical (unpaired) electrons. The zero-order valence-electron chi connectivity index (χ0n) is 13.1. The first kappa shape index (κ1) is 15.6. The Morgan fingerprint density at radius 1 is 1.25 bits per heavy atom. The van der Waals surface area contributed by atoms with E-state index >= 15 is 0 Å². The highest BCUT2D eigenvalue weighted by molar-refractivity contribution is 6.30. The molecule has 20 heavy (non-hydrogen) atoms. The normalized spacial score (nSPS) is 17.7. The number of anilines is 1. The van der Waals surface area contributed by atoms with Gasteiger partial charge in [-0.15, -0.1) is 0 Å². The van der Waals surface area contributed by atoms with Crippen molar-refractivity contribution in [2.45, 2.75) is 65.7 Å². The van der Waals surface area contributed by atoms with Gasteiger partial charge in [-0.3, -0.25) is 0 Å². The first-order chi connectivity index (χ1) is 9.47. The van der Waals surface area contributed by atoms with Gasteiger partial charge < -0.3 is 5.32 Å². The second-order valence-corrected chi connectivity index (χ2v) is 6.77. The van der Waals surface area contributed by atoms with Crippen molar-refractivity contribution in [3.8, 4) is 0 Å². The molecule has 1 aliphatic rings. The van der Waals surface area contributed by atoms with Crippen LogP contribution in [0.2, 0.25) is 5.15 Å². The SMILES string of the molecule is CCC1(CNc2nc(C(C)C)nc(Cl)c2C)CCCC1. The number of hydrogen-bond donors (Lipinski definition) is 1. The molecule has 0 atom stereocenters. The van der Waals surface area contributed by atoms with E-state index in [9.17, 15) is 0 Å². The van der Waals surface area contributed by atoms with Gasteiger partial charge in [0.2, 0.25) is 0 Å². The number of rotatable bonds is 5. The first-order valence-corrected chi connectivity index (χ1v) is 8.13. The van der Waals surface area contributed by atoms with E-state index in [1.165, 1.54) is 32.1 Å². The zero-order valence-corrected chi connectivity index (χ0v) is 13.8. The smallest absolute Gasteiger partial charge is 0.137 e. The summed E-state index contributed by atoms with van der Waals surface area (Å²) in [6, 6.07) is 0. The minimum absolute atomic E-state index is 0.292. The van der Waals surface area contributed by atoms with Gasteiger partial charge in [-0.1, -0.05) is 45.2 Å². The van der Waals surface area contributed by atoms with Crippen molar-refractivity contribution in [1.29, 1.82) is 0 Å². The summed E-state index contributed by atoms with van der Waals surface area (Å²) in [7, 11) is 0. The summed E-state index contributed by atoms with van der Waals surface area (Å²) >= 11 is 6.24. The van der Waals surface area contributed by atoms with Crippen LogP contribution in [0.5, 0.6) is 0 Å².